The fourth-order valence-electron chi connectivity index (χ4n) is 2.31. The van der Waals surface area contributed by atoms with Crippen LogP contribution in [0.1, 0.15) is 22.8 Å². The molecule has 25 heavy (non-hydrogen) atoms. The van der Waals surface area contributed by atoms with Gasteiger partial charge in [0.1, 0.15) is 6.61 Å². The van der Waals surface area contributed by atoms with Gasteiger partial charge in [0.25, 0.3) is 11.5 Å². The zero-order valence-corrected chi connectivity index (χ0v) is 14.6. The van der Waals surface area contributed by atoms with Crippen LogP contribution in [0.2, 0.25) is 0 Å². The Morgan fingerprint density at radius 1 is 1.28 bits per heavy atom. The van der Waals surface area contributed by atoms with Crippen molar-refractivity contribution in [2.75, 3.05) is 19.6 Å². The quantitative estimate of drug-likeness (QED) is 0.694. The predicted octanol–water partition coefficient (Wildman–Crippen LogP) is 0.890. The molecular formula is C18H24N4O3. The van der Waals surface area contributed by atoms with Crippen molar-refractivity contribution in [2.45, 2.75) is 13.5 Å². The standard InChI is InChI=1S/C18H24N4O3/c1-3-22(12-10-19)20-17(23)15-9-11-21(2)18(24)16(15)25-13-14-7-5-4-6-8-14/h4-9,11H,3,10,12-13,19H2,1-2H3,(H,20,23). The normalized spacial score (nSPS) is 10.7. The number of amides is 1. The fraction of sp³-hybridized carbons (Fsp3) is 0.333. The first-order valence-electron chi connectivity index (χ1n) is 8.19. The van der Waals surface area contributed by atoms with Crippen LogP contribution in [0, 0.1) is 0 Å². The molecule has 1 amide bonds. The lowest BCUT2D eigenvalue weighted by molar-refractivity contribution is 0.0797. The average Bonchev–Trinajstić information content (AvgIpc) is 2.63. The number of carbonyl (C=O) groups is 1. The molecule has 2 rings (SSSR count). The second kappa shape index (κ2) is 9.00. The summed E-state index contributed by atoms with van der Waals surface area (Å²) >= 11 is 0. The first-order chi connectivity index (χ1) is 12.1. The summed E-state index contributed by atoms with van der Waals surface area (Å²) in [6.07, 6.45) is 1.55. The van der Waals surface area contributed by atoms with Crippen LogP contribution in [0.25, 0.3) is 0 Å². The summed E-state index contributed by atoms with van der Waals surface area (Å²) in [5.74, 6) is -0.355. The van der Waals surface area contributed by atoms with Gasteiger partial charge in [0.05, 0.1) is 5.56 Å². The number of hydrazine groups is 1. The van der Waals surface area contributed by atoms with E-state index >= 15 is 0 Å². The molecule has 0 spiro atoms. The Morgan fingerprint density at radius 2 is 2.00 bits per heavy atom. The molecule has 0 saturated heterocycles. The lowest BCUT2D eigenvalue weighted by atomic mass is 10.2. The van der Waals surface area contributed by atoms with E-state index in [0.717, 1.165) is 5.56 Å². The number of nitrogens with one attached hydrogen (secondary N) is 1. The van der Waals surface area contributed by atoms with Crippen LogP contribution in [0.5, 0.6) is 5.75 Å². The molecule has 0 fully saturated rings. The highest BCUT2D eigenvalue weighted by molar-refractivity contribution is 5.96. The molecule has 0 atom stereocenters. The fourth-order valence-corrected chi connectivity index (χ4v) is 2.31. The highest BCUT2D eigenvalue weighted by Gasteiger charge is 2.19. The van der Waals surface area contributed by atoms with Crippen molar-refractivity contribution < 1.29 is 9.53 Å². The van der Waals surface area contributed by atoms with Crippen LogP contribution in [-0.2, 0) is 13.7 Å². The SMILES string of the molecule is CCN(CCN)NC(=O)c1ccn(C)c(=O)c1OCc1ccccc1. The van der Waals surface area contributed by atoms with Crippen molar-refractivity contribution in [3.63, 3.8) is 0 Å². The maximum Gasteiger partial charge on any atom is 0.293 e. The van der Waals surface area contributed by atoms with Gasteiger partial charge in [-0.2, -0.15) is 0 Å². The molecule has 0 unspecified atom stereocenters. The van der Waals surface area contributed by atoms with Gasteiger partial charge in [-0.25, -0.2) is 5.01 Å². The Hall–Kier alpha value is -2.64. The monoisotopic (exact) mass is 344 g/mol. The summed E-state index contributed by atoms with van der Waals surface area (Å²) in [4.78, 5) is 25.0. The second-order valence-corrected chi connectivity index (χ2v) is 5.56. The van der Waals surface area contributed by atoms with E-state index in [1.165, 1.54) is 4.57 Å². The molecule has 1 aromatic heterocycles. The van der Waals surface area contributed by atoms with Gasteiger partial charge < -0.3 is 15.0 Å². The van der Waals surface area contributed by atoms with Crippen LogP contribution in [-0.4, -0.2) is 35.1 Å². The number of carbonyl (C=O) groups excluding carboxylic acids is 1. The molecule has 7 heteroatoms. The minimum absolute atomic E-state index is 0.0372. The van der Waals surface area contributed by atoms with Crippen LogP contribution in [0.15, 0.2) is 47.4 Å². The number of nitrogens with two attached hydrogens (primary N) is 1. The van der Waals surface area contributed by atoms with Crippen molar-refractivity contribution in [3.8, 4) is 5.75 Å². The first kappa shape index (κ1) is 18.7. The molecule has 3 N–H and O–H groups in total. The highest BCUT2D eigenvalue weighted by atomic mass is 16.5. The molecular weight excluding hydrogens is 320 g/mol. The maximum atomic E-state index is 12.6. The summed E-state index contributed by atoms with van der Waals surface area (Å²) in [5, 5.41) is 1.70. The maximum absolute atomic E-state index is 12.6. The average molecular weight is 344 g/mol. The third-order valence-corrected chi connectivity index (χ3v) is 3.74. The van der Waals surface area contributed by atoms with Gasteiger partial charge in [0, 0.05) is 32.9 Å². The Bertz CT molecular complexity index is 759. The van der Waals surface area contributed by atoms with Crippen LogP contribution in [0.4, 0.5) is 0 Å². The van der Waals surface area contributed by atoms with Gasteiger partial charge in [0.2, 0.25) is 0 Å². The lowest BCUT2D eigenvalue weighted by Gasteiger charge is -2.21. The van der Waals surface area contributed by atoms with E-state index in [1.54, 1.807) is 24.3 Å². The molecule has 7 nitrogen and oxygen atoms in total. The number of pyridine rings is 1. The van der Waals surface area contributed by atoms with Crippen molar-refractivity contribution in [1.29, 1.82) is 0 Å². The Balaban J connectivity index is 2.24. The molecule has 0 aliphatic carbocycles. The summed E-state index contributed by atoms with van der Waals surface area (Å²) in [6.45, 7) is 3.66. The smallest absolute Gasteiger partial charge is 0.293 e. The minimum Gasteiger partial charge on any atom is -0.482 e. The van der Waals surface area contributed by atoms with E-state index in [0.29, 0.717) is 19.6 Å². The number of aromatic nitrogens is 1. The number of aryl methyl sites for hydroxylation is 1. The van der Waals surface area contributed by atoms with Crippen LogP contribution < -0.4 is 21.5 Å². The highest BCUT2D eigenvalue weighted by Crippen LogP contribution is 2.15. The number of hydrogen-bond donors (Lipinski definition) is 2. The van der Waals surface area contributed by atoms with Crippen LogP contribution >= 0.6 is 0 Å². The molecule has 0 saturated carbocycles. The van der Waals surface area contributed by atoms with Crippen molar-refractivity contribution >= 4 is 5.91 Å². The molecule has 0 bridgehead atoms. The molecule has 2 aromatic rings. The number of hydrogen-bond acceptors (Lipinski definition) is 5. The zero-order chi connectivity index (χ0) is 18.2. The Labute approximate surface area is 147 Å². The Morgan fingerprint density at radius 3 is 2.64 bits per heavy atom. The van der Waals surface area contributed by atoms with E-state index in [-0.39, 0.29) is 23.5 Å². The van der Waals surface area contributed by atoms with Gasteiger partial charge in [-0.15, -0.1) is 0 Å². The third kappa shape index (κ3) is 4.91. The topological polar surface area (TPSA) is 89.6 Å². The van der Waals surface area contributed by atoms with E-state index in [4.69, 9.17) is 10.5 Å². The molecule has 1 aromatic carbocycles. The summed E-state index contributed by atoms with van der Waals surface area (Å²) in [6, 6.07) is 11.1. The van der Waals surface area contributed by atoms with Crippen molar-refractivity contribution in [1.82, 2.24) is 15.0 Å². The number of rotatable bonds is 8. The first-order valence-corrected chi connectivity index (χ1v) is 8.19. The van der Waals surface area contributed by atoms with Gasteiger partial charge in [0.15, 0.2) is 5.75 Å². The molecule has 0 aliphatic heterocycles. The molecule has 0 radical (unpaired) electrons. The van der Waals surface area contributed by atoms with Gasteiger partial charge in [-0.05, 0) is 11.6 Å². The lowest BCUT2D eigenvalue weighted by Crippen LogP contribution is -2.45. The largest absolute Gasteiger partial charge is 0.482 e. The van der Waals surface area contributed by atoms with E-state index in [2.05, 4.69) is 5.43 Å². The van der Waals surface area contributed by atoms with Gasteiger partial charge >= 0.3 is 0 Å². The zero-order valence-electron chi connectivity index (χ0n) is 14.6. The van der Waals surface area contributed by atoms with Gasteiger partial charge in [-0.1, -0.05) is 37.3 Å². The second-order valence-electron chi connectivity index (χ2n) is 5.56. The van der Waals surface area contributed by atoms with E-state index < -0.39 is 5.91 Å². The third-order valence-electron chi connectivity index (χ3n) is 3.74. The minimum atomic E-state index is -0.393. The van der Waals surface area contributed by atoms with Crippen molar-refractivity contribution in [2.24, 2.45) is 12.8 Å². The summed E-state index contributed by atoms with van der Waals surface area (Å²) in [7, 11) is 1.62. The van der Waals surface area contributed by atoms with E-state index in [1.807, 2.05) is 37.3 Å². The Kier molecular flexibility index (Phi) is 6.73. The summed E-state index contributed by atoms with van der Waals surface area (Å²) < 4.78 is 7.08. The molecule has 1 heterocycles. The number of likely N-dealkylation sites (N-methyl/N-ethyl adjacent to an activating group) is 1. The molecule has 0 aliphatic rings. The predicted molar refractivity (Wildman–Crippen MR) is 96.2 cm³/mol. The van der Waals surface area contributed by atoms with E-state index in [9.17, 15) is 9.59 Å². The number of nitrogens with zero attached hydrogens (tertiary/aromatic N) is 2. The van der Waals surface area contributed by atoms with Crippen molar-refractivity contribution in [3.05, 3.63) is 64.1 Å². The van der Waals surface area contributed by atoms with Crippen LogP contribution in [0.3, 0.4) is 0 Å². The number of ether oxygens (including phenoxy) is 1. The molecule has 134 valence electrons. The van der Waals surface area contributed by atoms with Gasteiger partial charge in [-0.3, -0.25) is 15.0 Å². The number of benzene rings is 1. The summed E-state index contributed by atoms with van der Waals surface area (Å²) in [5.41, 5.74) is 9.05.